The molecule has 21 heavy (non-hydrogen) atoms. The third kappa shape index (κ3) is 3.67. The highest BCUT2D eigenvalue weighted by Crippen LogP contribution is 2.30. The summed E-state index contributed by atoms with van der Waals surface area (Å²) in [5.41, 5.74) is -0.788. The lowest BCUT2D eigenvalue weighted by Gasteiger charge is -2.33. The molecule has 6 heteroatoms. The molecule has 0 aromatic rings. The minimum absolute atomic E-state index is 0.0288. The van der Waals surface area contributed by atoms with Crippen LogP contribution in [0, 0.1) is 11.3 Å². The highest BCUT2D eigenvalue weighted by molar-refractivity contribution is 5.79. The summed E-state index contributed by atoms with van der Waals surface area (Å²) in [5.74, 6) is -0.251. The largest absolute Gasteiger partial charge is 0.481 e. The van der Waals surface area contributed by atoms with Crippen LogP contribution in [-0.4, -0.2) is 78.6 Å². The van der Waals surface area contributed by atoms with Gasteiger partial charge in [0.1, 0.15) is 0 Å². The Kier molecular flexibility index (Phi) is 4.76. The molecule has 0 bridgehead atoms. The molecule has 2 aliphatic rings. The first-order valence-electron chi connectivity index (χ1n) is 7.74. The number of aliphatic carboxylic acids is 1. The molecule has 2 heterocycles. The van der Waals surface area contributed by atoms with E-state index in [-0.39, 0.29) is 6.03 Å². The summed E-state index contributed by atoms with van der Waals surface area (Å²) in [6, 6.07) is -0.0288. The molecule has 6 nitrogen and oxygen atoms in total. The first-order chi connectivity index (χ1) is 9.82. The van der Waals surface area contributed by atoms with Crippen LogP contribution in [0.2, 0.25) is 0 Å². The van der Waals surface area contributed by atoms with Crippen molar-refractivity contribution in [2.75, 3.05) is 46.8 Å². The summed E-state index contributed by atoms with van der Waals surface area (Å²) in [5, 5.41) is 9.24. The van der Waals surface area contributed by atoms with Crippen molar-refractivity contribution in [3.05, 3.63) is 0 Å². The van der Waals surface area contributed by atoms with Crippen LogP contribution in [0.25, 0.3) is 0 Å². The molecule has 2 aliphatic heterocycles. The second-order valence-corrected chi connectivity index (χ2v) is 6.95. The molecule has 2 amide bonds. The van der Waals surface area contributed by atoms with Crippen LogP contribution in [0.3, 0.4) is 0 Å². The monoisotopic (exact) mass is 297 g/mol. The van der Waals surface area contributed by atoms with Crippen molar-refractivity contribution in [2.24, 2.45) is 11.3 Å². The molecule has 120 valence electrons. The number of likely N-dealkylation sites (tertiary alicyclic amines) is 2. The quantitative estimate of drug-likeness (QED) is 0.849. The highest BCUT2D eigenvalue weighted by atomic mass is 16.4. The van der Waals surface area contributed by atoms with E-state index in [0.29, 0.717) is 25.4 Å². The molecule has 1 atom stereocenters. The van der Waals surface area contributed by atoms with Gasteiger partial charge in [0, 0.05) is 26.7 Å². The third-order valence-electron chi connectivity index (χ3n) is 4.96. The number of carboxylic acids is 1. The summed E-state index contributed by atoms with van der Waals surface area (Å²) in [4.78, 5) is 29.5. The second kappa shape index (κ2) is 6.22. The lowest BCUT2D eigenvalue weighted by molar-refractivity contribution is -0.147. The number of rotatable bonds is 3. The maximum atomic E-state index is 12.4. The minimum atomic E-state index is -0.809. The van der Waals surface area contributed by atoms with Crippen molar-refractivity contribution in [3.63, 3.8) is 0 Å². The van der Waals surface area contributed by atoms with Crippen LogP contribution < -0.4 is 0 Å². The molecule has 2 fully saturated rings. The Morgan fingerprint density at radius 1 is 1.29 bits per heavy atom. The summed E-state index contributed by atoms with van der Waals surface area (Å²) in [6.07, 6.45) is 2.79. The van der Waals surface area contributed by atoms with Crippen LogP contribution >= 0.6 is 0 Å². The number of carbonyl (C=O) groups is 2. The summed E-state index contributed by atoms with van der Waals surface area (Å²) in [7, 11) is 3.96. The molecular formula is C15H27N3O3. The number of urea groups is 1. The predicted molar refractivity (Wildman–Crippen MR) is 80.2 cm³/mol. The summed E-state index contributed by atoms with van der Waals surface area (Å²) in [6.45, 7) is 5.53. The molecule has 1 N–H and O–H groups in total. The van der Waals surface area contributed by atoms with Crippen molar-refractivity contribution < 1.29 is 14.7 Å². The molecule has 0 aliphatic carbocycles. The van der Waals surface area contributed by atoms with Gasteiger partial charge in [0.2, 0.25) is 0 Å². The maximum Gasteiger partial charge on any atom is 0.319 e. The zero-order valence-electron chi connectivity index (χ0n) is 13.3. The number of hydrogen-bond donors (Lipinski definition) is 1. The first-order valence-corrected chi connectivity index (χ1v) is 7.74. The third-order valence-corrected chi connectivity index (χ3v) is 4.96. The number of piperidine rings is 1. The van der Waals surface area contributed by atoms with E-state index in [1.165, 1.54) is 0 Å². The molecule has 0 saturated carbocycles. The van der Waals surface area contributed by atoms with Gasteiger partial charge < -0.3 is 19.8 Å². The Balaban J connectivity index is 1.84. The zero-order valence-corrected chi connectivity index (χ0v) is 13.3. The molecule has 0 spiro atoms. The average Bonchev–Trinajstić information content (AvgIpc) is 2.84. The van der Waals surface area contributed by atoms with Gasteiger partial charge in [-0.2, -0.15) is 0 Å². The SMILES string of the molecule is CN1CCC(CN(C)C(=O)N2CCC(C)(C(=O)O)C2)CC1. The molecule has 2 rings (SSSR count). The van der Waals surface area contributed by atoms with Gasteiger partial charge in [-0.3, -0.25) is 4.79 Å². The van der Waals surface area contributed by atoms with Crippen molar-refractivity contribution >= 4 is 12.0 Å². The van der Waals surface area contributed by atoms with Crippen LogP contribution in [0.4, 0.5) is 4.79 Å². The van der Waals surface area contributed by atoms with Gasteiger partial charge in [-0.15, -0.1) is 0 Å². The molecular weight excluding hydrogens is 270 g/mol. The van der Waals surface area contributed by atoms with E-state index in [4.69, 9.17) is 0 Å². The molecule has 0 radical (unpaired) electrons. The van der Waals surface area contributed by atoms with Gasteiger partial charge in [0.25, 0.3) is 0 Å². The molecule has 1 unspecified atom stereocenters. The van der Waals surface area contributed by atoms with E-state index in [9.17, 15) is 14.7 Å². The number of carboxylic acid groups (broad SMARTS) is 1. The number of amides is 2. The predicted octanol–water partition coefficient (Wildman–Crippen LogP) is 1.18. The normalized spacial score (nSPS) is 27.9. The molecule has 0 aromatic heterocycles. The van der Waals surface area contributed by atoms with Crippen molar-refractivity contribution in [3.8, 4) is 0 Å². The van der Waals surface area contributed by atoms with Crippen LogP contribution in [0.15, 0.2) is 0 Å². The van der Waals surface area contributed by atoms with E-state index in [1.807, 2.05) is 7.05 Å². The first kappa shape index (κ1) is 16.1. The number of nitrogens with zero attached hydrogens (tertiary/aromatic N) is 3. The highest BCUT2D eigenvalue weighted by Gasteiger charge is 2.42. The Labute approximate surface area is 126 Å². The topological polar surface area (TPSA) is 64.1 Å². The van der Waals surface area contributed by atoms with E-state index < -0.39 is 11.4 Å². The lowest BCUT2D eigenvalue weighted by atomic mass is 9.90. The second-order valence-electron chi connectivity index (χ2n) is 6.95. The average molecular weight is 297 g/mol. The van der Waals surface area contributed by atoms with E-state index in [1.54, 1.807) is 16.7 Å². The Morgan fingerprint density at radius 2 is 1.90 bits per heavy atom. The maximum absolute atomic E-state index is 12.4. The van der Waals surface area contributed by atoms with Gasteiger partial charge >= 0.3 is 12.0 Å². The lowest BCUT2D eigenvalue weighted by Crippen LogP contribution is -2.44. The van der Waals surface area contributed by atoms with Crippen molar-refractivity contribution in [1.82, 2.24) is 14.7 Å². The Morgan fingerprint density at radius 3 is 2.43 bits per heavy atom. The van der Waals surface area contributed by atoms with Gasteiger partial charge in [0.15, 0.2) is 0 Å². The van der Waals surface area contributed by atoms with Crippen LogP contribution in [0.5, 0.6) is 0 Å². The van der Waals surface area contributed by atoms with E-state index in [2.05, 4.69) is 11.9 Å². The van der Waals surface area contributed by atoms with Crippen LogP contribution in [-0.2, 0) is 4.79 Å². The minimum Gasteiger partial charge on any atom is -0.481 e. The number of carbonyl (C=O) groups excluding carboxylic acids is 1. The van der Waals surface area contributed by atoms with Gasteiger partial charge in [-0.05, 0) is 52.2 Å². The van der Waals surface area contributed by atoms with Gasteiger partial charge in [-0.25, -0.2) is 4.79 Å². The summed E-state index contributed by atoms with van der Waals surface area (Å²) < 4.78 is 0. The summed E-state index contributed by atoms with van der Waals surface area (Å²) >= 11 is 0. The number of hydrogen-bond acceptors (Lipinski definition) is 3. The Hall–Kier alpha value is -1.30. The van der Waals surface area contributed by atoms with Crippen molar-refractivity contribution in [1.29, 1.82) is 0 Å². The van der Waals surface area contributed by atoms with Gasteiger partial charge in [-0.1, -0.05) is 0 Å². The van der Waals surface area contributed by atoms with Crippen molar-refractivity contribution in [2.45, 2.75) is 26.2 Å². The fourth-order valence-electron chi connectivity index (χ4n) is 3.25. The zero-order chi connectivity index (χ0) is 15.6. The fourth-order valence-corrected chi connectivity index (χ4v) is 3.25. The molecule has 0 aromatic carbocycles. The van der Waals surface area contributed by atoms with E-state index >= 15 is 0 Å². The van der Waals surface area contributed by atoms with Gasteiger partial charge in [0.05, 0.1) is 5.41 Å². The van der Waals surface area contributed by atoms with Crippen LogP contribution in [0.1, 0.15) is 26.2 Å². The smallest absolute Gasteiger partial charge is 0.319 e. The van der Waals surface area contributed by atoms with E-state index in [0.717, 1.165) is 32.5 Å². The molecule has 2 saturated heterocycles. The fraction of sp³-hybridized carbons (Fsp3) is 0.867. The Bertz CT molecular complexity index is 407. The standard InChI is InChI=1S/C15H27N3O3/c1-15(13(19)20)6-9-18(11-15)14(21)17(3)10-12-4-7-16(2)8-5-12/h12H,4-11H2,1-3H3,(H,19,20).